The predicted octanol–water partition coefficient (Wildman–Crippen LogP) is 9.90. The topological polar surface area (TPSA) is 147 Å². The Morgan fingerprint density at radius 1 is 0.742 bits per heavy atom. The number of fused-ring (bicyclic) bond motifs is 13. The minimum atomic E-state index is -4.52. The largest absolute Gasteiger partial charge is 0.455 e. The van der Waals surface area contributed by atoms with Crippen LogP contribution >= 0.6 is 24.1 Å². The molecule has 62 heavy (non-hydrogen) atoms. The molecule has 0 radical (unpaired) electrons. The quantitative estimate of drug-likeness (QED) is 0.0299. The van der Waals surface area contributed by atoms with E-state index < -0.39 is 20.9 Å². The third-order valence-corrected chi connectivity index (χ3v) is 14.3. The second-order valence-corrected chi connectivity index (χ2v) is 20.4. The van der Waals surface area contributed by atoms with E-state index >= 15 is 0 Å². The van der Waals surface area contributed by atoms with Gasteiger partial charge in [0.25, 0.3) is 10.1 Å². The molecular weight excluding hydrogens is 849 g/mol. The van der Waals surface area contributed by atoms with E-state index in [2.05, 4.69) is 96.6 Å². The van der Waals surface area contributed by atoms with Crippen LogP contribution in [0.25, 0.3) is 38.4 Å². The highest BCUT2D eigenvalue weighted by Gasteiger charge is 2.46. The number of aryl methyl sites for hydroxylation is 1. The molecule has 0 saturated carbocycles. The van der Waals surface area contributed by atoms with Crippen LogP contribution < -0.4 is 24.8 Å². The summed E-state index contributed by atoms with van der Waals surface area (Å²) in [5, 5.41) is 32.4. The van der Waals surface area contributed by atoms with Crippen LogP contribution in [0.4, 0.5) is 11.4 Å². The molecule has 3 heterocycles. The van der Waals surface area contributed by atoms with Gasteiger partial charge >= 0.3 is 0 Å². The highest BCUT2D eigenvalue weighted by Crippen LogP contribution is 2.56. The molecule has 0 unspecified atom stereocenters. The lowest BCUT2D eigenvalue weighted by molar-refractivity contribution is -0.432. The molecule has 10 rings (SSSR count). The summed E-state index contributed by atoms with van der Waals surface area (Å²) in [6.07, 6.45) is 2.20. The Morgan fingerprint density at radius 3 is 2.15 bits per heavy atom. The lowest BCUT2D eigenvalue weighted by Crippen LogP contribution is -2.30. The fourth-order valence-corrected chi connectivity index (χ4v) is 11.0. The SMILES string of the molecule is Cc1ccc(C[N+]2=c3c(c4c(c5ccc(S(=O)(=O)O)cc35)=Cc3c(c5c(c6cc7cc(SOOO)ccc7cc36)N(c3ccc(SOOO)cc3)CC5(C)C)O4)C(C)(C)C2)cc1. The number of hydrogen-bond donors (Lipinski definition) is 3. The van der Waals surface area contributed by atoms with Crippen LogP contribution in [-0.4, -0.2) is 36.6 Å². The van der Waals surface area contributed by atoms with Crippen molar-refractivity contribution in [2.45, 2.75) is 66.7 Å². The maximum absolute atomic E-state index is 12.7. The molecule has 0 bridgehead atoms. The molecule has 0 spiro atoms. The van der Waals surface area contributed by atoms with Gasteiger partial charge in [-0.1, -0.05) is 65.9 Å². The van der Waals surface area contributed by atoms with E-state index in [-0.39, 0.29) is 4.90 Å². The number of hydrogen-bond acceptors (Lipinski definition) is 12. The maximum Gasteiger partial charge on any atom is 0.294 e. The minimum absolute atomic E-state index is 0.171. The van der Waals surface area contributed by atoms with E-state index in [1.54, 1.807) is 12.1 Å². The Hall–Kier alpha value is -5.04. The average molecular weight is 890 g/mol. The lowest BCUT2D eigenvalue weighted by Gasteiger charge is -2.28. The van der Waals surface area contributed by atoms with Gasteiger partial charge in [-0.2, -0.15) is 8.42 Å². The molecule has 15 heteroatoms. The van der Waals surface area contributed by atoms with Crippen molar-refractivity contribution in [2.24, 2.45) is 0 Å². The lowest BCUT2D eigenvalue weighted by atomic mass is 9.80. The van der Waals surface area contributed by atoms with E-state index in [0.29, 0.717) is 25.0 Å². The monoisotopic (exact) mass is 889 g/mol. The molecule has 0 aliphatic carbocycles. The molecule has 0 saturated heterocycles. The zero-order chi connectivity index (χ0) is 43.3. The summed E-state index contributed by atoms with van der Waals surface area (Å²) in [5.74, 6) is 1.49. The molecule has 7 aromatic rings. The fourth-order valence-electron chi connectivity index (χ4n) is 9.72. The van der Waals surface area contributed by atoms with Crippen LogP contribution in [0.1, 0.15) is 55.5 Å². The summed E-state index contributed by atoms with van der Waals surface area (Å²) in [6.45, 7) is 12.8. The molecule has 0 fully saturated rings. The van der Waals surface area contributed by atoms with Gasteiger partial charge in [-0.3, -0.25) is 4.55 Å². The van der Waals surface area contributed by atoms with E-state index in [0.717, 1.165) is 122 Å². The summed E-state index contributed by atoms with van der Waals surface area (Å²) in [5.41, 5.74) is 6.30. The summed E-state index contributed by atoms with van der Waals surface area (Å²) >= 11 is 1.79. The highest BCUT2D eigenvalue weighted by atomic mass is 32.2. The van der Waals surface area contributed by atoms with Gasteiger partial charge in [-0.25, -0.2) is 15.1 Å². The summed E-state index contributed by atoms with van der Waals surface area (Å²) < 4.78 is 55.0. The first-order valence-electron chi connectivity index (χ1n) is 19.8. The Morgan fingerprint density at radius 2 is 1.44 bits per heavy atom. The van der Waals surface area contributed by atoms with Crippen LogP contribution in [-0.2, 0) is 46.2 Å². The smallest absolute Gasteiger partial charge is 0.294 e. The first kappa shape index (κ1) is 41.0. The van der Waals surface area contributed by atoms with Crippen molar-refractivity contribution in [3.05, 3.63) is 135 Å². The zero-order valence-electron chi connectivity index (χ0n) is 34.3. The van der Waals surface area contributed by atoms with Crippen molar-refractivity contribution in [1.29, 1.82) is 0 Å². The van der Waals surface area contributed by atoms with Crippen molar-refractivity contribution >= 4 is 84.0 Å². The zero-order valence-corrected chi connectivity index (χ0v) is 36.7. The Kier molecular flexibility index (Phi) is 9.96. The van der Waals surface area contributed by atoms with Gasteiger partial charge in [0.1, 0.15) is 11.5 Å². The van der Waals surface area contributed by atoms with E-state index in [9.17, 15) is 13.0 Å². The number of ether oxygens (including phenoxy) is 1. The van der Waals surface area contributed by atoms with Gasteiger partial charge in [0.15, 0.2) is 13.1 Å². The van der Waals surface area contributed by atoms with Crippen LogP contribution in [0.2, 0.25) is 0 Å². The molecular formula is C47H41N2O10S3+. The standard InChI is InChI=1S/C47H40N2O10S3/c1-26-6-8-27(9-7-26)23-48-24-46(2,3)40-42(48)37-21-33(62(52,53)54)16-17-34(37)38-22-39-35-19-28-10-13-32(61-59-57-51)18-29(28)20-36(35)43-41(45(39)55-44(38)40)47(4,5)25-49(43)30-11-14-31(15-12-30)60-58-56-50/h6-22H,23-25H2,1-5H3,(H2-,50,51,52,53,54)/p+1. The Labute approximate surface area is 365 Å². The number of benzene rings is 7. The van der Waals surface area contributed by atoms with Crippen molar-refractivity contribution in [2.75, 3.05) is 18.0 Å². The molecule has 7 aromatic carbocycles. The fraction of sp³-hybridized carbons (Fsp3) is 0.213. The minimum Gasteiger partial charge on any atom is -0.455 e. The third-order valence-electron chi connectivity index (χ3n) is 12.3. The van der Waals surface area contributed by atoms with E-state index in [1.807, 2.05) is 42.5 Å². The second-order valence-electron chi connectivity index (χ2n) is 17.4. The predicted molar refractivity (Wildman–Crippen MR) is 240 cm³/mol. The van der Waals surface area contributed by atoms with Gasteiger partial charge in [-0.15, -0.1) is 8.67 Å². The van der Waals surface area contributed by atoms with Gasteiger partial charge in [-0.05, 0) is 109 Å². The summed E-state index contributed by atoms with van der Waals surface area (Å²) in [7, 11) is -4.52. The highest BCUT2D eigenvalue weighted by molar-refractivity contribution is 7.94. The summed E-state index contributed by atoms with van der Waals surface area (Å²) in [6, 6.07) is 31.3. The maximum atomic E-state index is 12.7. The first-order valence-corrected chi connectivity index (χ1v) is 22.8. The van der Waals surface area contributed by atoms with Crippen molar-refractivity contribution < 1.29 is 47.0 Å². The van der Waals surface area contributed by atoms with Gasteiger partial charge in [0.2, 0.25) is 5.36 Å². The van der Waals surface area contributed by atoms with Crippen molar-refractivity contribution in [1.82, 2.24) is 4.58 Å². The second kappa shape index (κ2) is 15.1. The number of rotatable bonds is 10. The van der Waals surface area contributed by atoms with Crippen molar-refractivity contribution in [3.8, 4) is 11.5 Å². The van der Waals surface area contributed by atoms with E-state index in [4.69, 9.17) is 23.9 Å². The molecule has 3 N–H and O–H groups in total. The molecule has 12 nitrogen and oxygen atoms in total. The Balaban J connectivity index is 1.30. The van der Waals surface area contributed by atoms with Gasteiger partial charge < -0.3 is 9.64 Å². The van der Waals surface area contributed by atoms with Crippen LogP contribution in [0, 0.1) is 6.92 Å². The van der Waals surface area contributed by atoms with Crippen LogP contribution in [0.15, 0.2) is 112 Å². The molecule has 0 atom stereocenters. The number of nitrogens with zero attached hydrogens (tertiary/aromatic N) is 2. The molecule has 0 amide bonds. The summed E-state index contributed by atoms with van der Waals surface area (Å²) in [4.78, 5) is 3.61. The van der Waals surface area contributed by atoms with E-state index in [1.165, 1.54) is 6.07 Å². The van der Waals surface area contributed by atoms with Gasteiger partial charge in [0.05, 0.1) is 51.0 Å². The third kappa shape index (κ3) is 6.84. The van der Waals surface area contributed by atoms with Crippen LogP contribution in [0.5, 0.6) is 11.5 Å². The van der Waals surface area contributed by atoms with Crippen molar-refractivity contribution in [3.63, 3.8) is 0 Å². The average Bonchev–Trinajstić information content (AvgIpc) is 3.69. The van der Waals surface area contributed by atoms with Gasteiger partial charge in [0, 0.05) is 54.7 Å². The molecule has 316 valence electrons. The Bertz CT molecular complexity index is 3260. The molecule has 3 aliphatic rings. The molecule has 0 aromatic heterocycles. The van der Waals surface area contributed by atoms with Crippen LogP contribution in [0.3, 0.4) is 0 Å². The number of anilines is 2. The molecule has 3 aliphatic heterocycles. The first-order chi connectivity index (χ1) is 29.6. The normalized spacial score (nSPS) is 16.0.